The lowest BCUT2D eigenvalue weighted by Crippen LogP contribution is -2.49. The Kier molecular flexibility index (Phi) is 7.62. The molecule has 0 unspecified atom stereocenters. The fraction of sp³-hybridized carbons (Fsp3) is 0.355. The average molecular weight is 542 g/mol. The lowest BCUT2D eigenvalue weighted by atomic mass is 9.75. The molecule has 0 saturated carbocycles. The summed E-state index contributed by atoms with van der Waals surface area (Å²) in [5, 5.41) is 19.9. The van der Waals surface area contributed by atoms with Crippen LogP contribution in [0.3, 0.4) is 0 Å². The van der Waals surface area contributed by atoms with E-state index in [1.54, 1.807) is 38.7 Å². The summed E-state index contributed by atoms with van der Waals surface area (Å²) in [4.78, 5) is 29.6. The van der Waals surface area contributed by atoms with Crippen molar-refractivity contribution in [2.75, 3.05) is 37.7 Å². The molecule has 40 heavy (non-hydrogen) atoms. The average Bonchev–Trinajstić information content (AvgIpc) is 3.24. The van der Waals surface area contributed by atoms with E-state index in [1.807, 2.05) is 29.2 Å². The molecule has 208 valence electrons. The van der Waals surface area contributed by atoms with Gasteiger partial charge in [0.15, 0.2) is 0 Å². The van der Waals surface area contributed by atoms with Crippen molar-refractivity contribution >= 4 is 30.3 Å². The largest absolute Gasteiger partial charge is 0.488 e. The van der Waals surface area contributed by atoms with Gasteiger partial charge in [-0.1, -0.05) is 48.5 Å². The van der Waals surface area contributed by atoms with Gasteiger partial charge in [0, 0.05) is 37.8 Å². The number of rotatable bonds is 5. The monoisotopic (exact) mass is 542 g/mol. The molecule has 8 nitrogen and oxygen atoms in total. The van der Waals surface area contributed by atoms with Gasteiger partial charge in [-0.15, -0.1) is 0 Å². The molecule has 0 aromatic heterocycles. The summed E-state index contributed by atoms with van der Waals surface area (Å²) < 4.78 is 11.3. The summed E-state index contributed by atoms with van der Waals surface area (Å²) in [5.74, 6) is -0.535. The smallest absolute Gasteiger partial charge is 0.456 e. The van der Waals surface area contributed by atoms with Gasteiger partial charge in [-0.25, -0.2) is 9.59 Å². The zero-order valence-corrected chi connectivity index (χ0v) is 23.4. The number of esters is 1. The van der Waals surface area contributed by atoms with Crippen LogP contribution in [0.4, 0.5) is 10.5 Å². The zero-order valence-electron chi connectivity index (χ0n) is 23.4. The molecule has 0 radical (unpaired) electrons. The highest BCUT2D eigenvalue weighted by atomic mass is 16.6. The Morgan fingerprint density at radius 2 is 1.50 bits per heavy atom. The van der Waals surface area contributed by atoms with Gasteiger partial charge in [0.05, 0.1) is 5.56 Å². The molecule has 2 N–H and O–H groups in total. The van der Waals surface area contributed by atoms with E-state index < -0.39 is 18.7 Å². The van der Waals surface area contributed by atoms with Crippen molar-refractivity contribution in [1.29, 1.82) is 0 Å². The Morgan fingerprint density at radius 1 is 0.925 bits per heavy atom. The quantitative estimate of drug-likeness (QED) is 0.375. The lowest BCUT2D eigenvalue weighted by molar-refractivity contribution is 0.00695. The van der Waals surface area contributed by atoms with Gasteiger partial charge < -0.3 is 29.3 Å². The molecule has 0 atom stereocenters. The standard InChI is InChI=1S/C31H35BN2O6/c1-20-27(32(37)38)17-21(29(35)40-31(2,3)4)18-28(20)33-13-15-34(16-14-33)30(36)39-19-26-24-11-7-5-9-22(24)23-10-6-8-12-25(23)26/h5-12,17-18,26,37-38H,13-16,19H2,1-4H3. The number of fused-ring (bicyclic) bond motifs is 3. The van der Waals surface area contributed by atoms with Crippen molar-refractivity contribution < 1.29 is 29.1 Å². The maximum Gasteiger partial charge on any atom is 0.488 e. The minimum absolute atomic E-state index is 0.000729. The van der Waals surface area contributed by atoms with E-state index in [1.165, 1.54) is 28.3 Å². The van der Waals surface area contributed by atoms with Crippen molar-refractivity contribution in [3.63, 3.8) is 0 Å². The fourth-order valence-electron chi connectivity index (χ4n) is 5.59. The van der Waals surface area contributed by atoms with Gasteiger partial charge in [0.25, 0.3) is 0 Å². The van der Waals surface area contributed by atoms with Crippen LogP contribution in [0.25, 0.3) is 11.1 Å². The van der Waals surface area contributed by atoms with Crippen LogP contribution in [-0.2, 0) is 9.47 Å². The number of benzene rings is 3. The Balaban J connectivity index is 1.26. The van der Waals surface area contributed by atoms with Crippen molar-refractivity contribution in [2.45, 2.75) is 39.2 Å². The fourth-order valence-corrected chi connectivity index (χ4v) is 5.59. The van der Waals surface area contributed by atoms with E-state index in [0.717, 1.165) is 0 Å². The van der Waals surface area contributed by atoms with Gasteiger partial charge in [-0.2, -0.15) is 0 Å². The van der Waals surface area contributed by atoms with Gasteiger partial charge in [-0.05, 0) is 73.1 Å². The molecule has 1 aliphatic heterocycles. The second kappa shape index (κ2) is 11.0. The number of nitrogens with zero attached hydrogens (tertiary/aromatic N) is 2. The van der Waals surface area contributed by atoms with Crippen LogP contribution in [0, 0.1) is 6.92 Å². The molecule has 0 bridgehead atoms. The number of piperazine rings is 1. The van der Waals surface area contributed by atoms with Crippen LogP contribution in [0.1, 0.15) is 53.7 Å². The topological polar surface area (TPSA) is 99.5 Å². The van der Waals surface area contributed by atoms with Crippen LogP contribution in [0.2, 0.25) is 0 Å². The van der Waals surface area contributed by atoms with Gasteiger partial charge >= 0.3 is 19.2 Å². The maximum absolute atomic E-state index is 13.1. The number of anilines is 1. The first-order valence-corrected chi connectivity index (χ1v) is 13.6. The zero-order chi connectivity index (χ0) is 28.6. The van der Waals surface area contributed by atoms with Gasteiger partial charge in [-0.3, -0.25) is 0 Å². The van der Waals surface area contributed by atoms with Crippen molar-refractivity contribution in [3.05, 3.63) is 82.9 Å². The lowest BCUT2D eigenvalue weighted by Gasteiger charge is -2.37. The van der Waals surface area contributed by atoms with Gasteiger partial charge in [0.2, 0.25) is 0 Å². The molecule has 3 aromatic carbocycles. The van der Waals surface area contributed by atoms with Crippen LogP contribution >= 0.6 is 0 Å². The Hall–Kier alpha value is -3.82. The highest BCUT2D eigenvalue weighted by molar-refractivity contribution is 6.59. The van der Waals surface area contributed by atoms with Crippen LogP contribution < -0.4 is 10.4 Å². The Morgan fingerprint density at radius 3 is 2.05 bits per heavy atom. The first-order chi connectivity index (χ1) is 19.0. The van der Waals surface area contributed by atoms with E-state index in [9.17, 15) is 19.6 Å². The minimum atomic E-state index is -1.73. The van der Waals surface area contributed by atoms with Crippen LogP contribution in [-0.4, -0.2) is 72.5 Å². The molecule has 5 rings (SSSR count). The molecule has 2 aliphatic rings. The molecule has 3 aromatic rings. The molecule has 0 spiro atoms. The highest BCUT2D eigenvalue weighted by Gasteiger charge is 2.31. The molecule has 1 amide bonds. The van der Waals surface area contributed by atoms with Crippen molar-refractivity contribution in [1.82, 2.24) is 4.90 Å². The molecular formula is C31H35BN2O6. The van der Waals surface area contributed by atoms with E-state index in [2.05, 4.69) is 24.3 Å². The third kappa shape index (κ3) is 5.57. The Labute approximate surface area is 235 Å². The van der Waals surface area contributed by atoms with E-state index >= 15 is 0 Å². The molecule has 1 saturated heterocycles. The van der Waals surface area contributed by atoms with E-state index in [-0.39, 0.29) is 29.6 Å². The predicted octanol–water partition coefficient (Wildman–Crippen LogP) is 3.70. The number of ether oxygens (including phenoxy) is 2. The van der Waals surface area contributed by atoms with Crippen molar-refractivity contribution in [3.8, 4) is 11.1 Å². The third-order valence-electron chi connectivity index (χ3n) is 7.55. The number of carbonyl (C=O) groups is 2. The summed E-state index contributed by atoms with van der Waals surface area (Å²) in [6.07, 6.45) is -0.354. The molecule has 1 fully saturated rings. The van der Waals surface area contributed by atoms with Crippen LogP contribution in [0.5, 0.6) is 0 Å². The summed E-state index contributed by atoms with van der Waals surface area (Å²) >= 11 is 0. The Bertz CT molecular complexity index is 1380. The third-order valence-corrected chi connectivity index (χ3v) is 7.55. The molecule has 1 aliphatic carbocycles. The van der Waals surface area contributed by atoms with E-state index in [0.29, 0.717) is 37.4 Å². The normalized spacial score (nSPS) is 14.9. The van der Waals surface area contributed by atoms with Crippen molar-refractivity contribution in [2.24, 2.45) is 0 Å². The first-order valence-electron chi connectivity index (χ1n) is 13.6. The minimum Gasteiger partial charge on any atom is -0.456 e. The number of carbonyl (C=O) groups excluding carboxylic acids is 2. The van der Waals surface area contributed by atoms with E-state index in [4.69, 9.17) is 9.47 Å². The first kappa shape index (κ1) is 27.7. The highest BCUT2D eigenvalue weighted by Crippen LogP contribution is 2.44. The molecule has 1 heterocycles. The second-order valence-electron chi connectivity index (χ2n) is 11.4. The summed E-state index contributed by atoms with van der Waals surface area (Å²) in [7, 11) is -1.73. The number of hydrogen-bond donors (Lipinski definition) is 2. The number of amides is 1. The van der Waals surface area contributed by atoms with Crippen LogP contribution in [0.15, 0.2) is 60.7 Å². The summed E-state index contributed by atoms with van der Waals surface area (Å²) in [5.41, 5.74) is 5.89. The predicted molar refractivity (Wildman–Crippen MR) is 155 cm³/mol. The maximum atomic E-state index is 13.1. The molecule has 9 heteroatoms. The summed E-state index contributed by atoms with van der Waals surface area (Å²) in [6, 6.07) is 19.7. The second-order valence-corrected chi connectivity index (χ2v) is 11.4. The summed E-state index contributed by atoms with van der Waals surface area (Å²) in [6.45, 7) is 9.28. The molecular weight excluding hydrogens is 507 g/mol. The SMILES string of the molecule is Cc1c(B(O)O)cc(C(=O)OC(C)(C)C)cc1N1CCN(C(=O)OCC2c3ccccc3-c3ccccc32)CC1. The number of hydrogen-bond acceptors (Lipinski definition) is 7. The van der Waals surface area contributed by atoms with Gasteiger partial charge in [0.1, 0.15) is 12.2 Å².